The molecular formula is C16H13F2NO. The van der Waals surface area contributed by atoms with E-state index in [0.29, 0.717) is 11.3 Å². The lowest BCUT2D eigenvalue weighted by Gasteiger charge is -2.31. The lowest BCUT2D eigenvalue weighted by Crippen LogP contribution is -2.28. The number of rotatable bonds is 3. The fourth-order valence-electron chi connectivity index (χ4n) is 2.03. The van der Waals surface area contributed by atoms with Crippen LogP contribution in [0.15, 0.2) is 59.8 Å². The molecule has 0 saturated carbocycles. The lowest BCUT2D eigenvalue weighted by atomic mass is 9.99. The highest BCUT2D eigenvalue weighted by Gasteiger charge is 2.26. The topological polar surface area (TPSA) is 12.5 Å². The van der Waals surface area contributed by atoms with Gasteiger partial charge in [-0.1, -0.05) is 42.8 Å². The smallest absolute Gasteiger partial charge is 0.215 e. The number of alkyl halides is 2. The molecule has 0 fully saturated rings. The molecule has 0 N–H and O–H groups in total. The average Bonchev–Trinajstić information content (AvgIpc) is 2.43. The van der Waals surface area contributed by atoms with Gasteiger partial charge in [0.1, 0.15) is 0 Å². The zero-order valence-electron chi connectivity index (χ0n) is 10.9. The van der Waals surface area contributed by atoms with Gasteiger partial charge in [0, 0.05) is 5.56 Å². The second kappa shape index (κ2) is 5.72. The summed E-state index contributed by atoms with van der Waals surface area (Å²) < 4.78 is 25.3. The Hall–Kier alpha value is -2.38. The monoisotopic (exact) mass is 273 g/mol. The second-order valence-corrected chi connectivity index (χ2v) is 4.21. The van der Waals surface area contributed by atoms with Crippen molar-refractivity contribution in [3.05, 3.63) is 65.4 Å². The van der Waals surface area contributed by atoms with E-state index in [1.807, 2.05) is 30.3 Å². The molecule has 0 radical (unpaired) electrons. The molecular weight excluding hydrogens is 260 g/mol. The maximum Gasteiger partial charge on any atom is 0.365 e. The summed E-state index contributed by atoms with van der Waals surface area (Å²) in [6, 6.07) is 9.10. The average molecular weight is 273 g/mol. The third-order valence-electron chi connectivity index (χ3n) is 2.88. The van der Waals surface area contributed by atoms with E-state index in [0.717, 1.165) is 16.2 Å². The van der Waals surface area contributed by atoms with Gasteiger partial charge in [0.15, 0.2) is 0 Å². The highest BCUT2D eigenvalue weighted by atomic mass is 19.3. The molecule has 1 aromatic carbocycles. The molecule has 1 aliphatic heterocycles. The van der Waals surface area contributed by atoms with Crippen molar-refractivity contribution in [2.75, 3.05) is 0 Å². The predicted octanol–water partition coefficient (Wildman–Crippen LogP) is 3.96. The molecule has 0 atom stereocenters. The fraction of sp³-hybridized carbons (Fsp3) is 0.125. The highest BCUT2D eigenvalue weighted by molar-refractivity contribution is 5.74. The number of hydrogen-bond donors (Lipinski definition) is 0. The van der Waals surface area contributed by atoms with Crippen LogP contribution in [0.25, 0.3) is 5.70 Å². The fourth-order valence-corrected chi connectivity index (χ4v) is 2.03. The van der Waals surface area contributed by atoms with Crippen molar-refractivity contribution in [3.8, 4) is 12.3 Å². The van der Waals surface area contributed by atoms with Crippen LogP contribution in [0.1, 0.15) is 12.5 Å². The number of nitrogens with zero attached hydrogens (tertiary/aromatic N) is 1. The summed E-state index contributed by atoms with van der Waals surface area (Å²) >= 11 is 0. The molecule has 0 unspecified atom stereocenters. The van der Waals surface area contributed by atoms with Gasteiger partial charge in [0.25, 0.3) is 0 Å². The van der Waals surface area contributed by atoms with Gasteiger partial charge >= 0.3 is 6.61 Å². The normalized spacial score (nSPS) is 15.4. The van der Waals surface area contributed by atoms with Gasteiger partial charge in [-0.3, -0.25) is 0 Å². The molecule has 1 aliphatic rings. The Morgan fingerprint density at radius 1 is 1.30 bits per heavy atom. The molecule has 0 spiro atoms. The molecule has 2 nitrogen and oxygen atoms in total. The Kier molecular flexibility index (Phi) is 4.02. The van der Waals surface area contributed by atoms with Crippen LogP contribution in [-0.2, 0) is 4.84 Å². The van der Waals surface area contributed by atoms with E-state index in [1.165, 1.54) is 0 Å². The first kappa shape index (κ1) is 14.0. The summed E-state index contributed by atoms with van der Waals surface area (Å²) in [6.07, 6.45) is 7.09. The van der Waals surface area contributed by atoms with Gasteiger partial charge in [-0.25, -0.2) is 5.06 Å². The Morgan fingerprint density at radius 2 is 1.95 bits per heavy atom. The third-order valence-corrected chi connectivity index (χ3v) is 2.88. The van der Waals surface area contributed by atoms with Gasteiger partial charge in [-0.2, -0.15) is 13.6 Å². The van der Waals surface area contributed by atoms with Crippen molar-refractivity contribution in [2.24, 2.45) is 0 Å². The van der Waals surface area contributed by atoms with Crippen LogP contribution in [0, 0.1) is 12.3 Å². The third kappa shape index (κ3) is 2.63. The molecule has 102 valence electrons. The lowest BCUT2D eigenvalue weighted by molar-refractivity contribution is -0.239. The van der Waals surface area contributed by atoms with Crippen LogP contribution in [0.3, 0.4) is 0 Å². The van der Waals surface area contributed by atoms with Crippen molar-refractivity contribution in [1.29, 1.82) is 0 Å². The maximum atomic E-state index is 12.6. The van der Waals surface area contributed by atoms with Crippen molar-refractivity contribution in [1.82, 2.24) is 5.06 Å². The molecule has 0 bridgehead atoms. The minimum atomic E-state index is -2.96. The van der Waals surface area contributed by atoms with E-state index in [-0.39, 0.29) is 5.70 Å². The number of halogens is 2. The molecule has 4 heteroatoms. The van der Waals surface area contributed by atoms with Crippen molar-refractivity contribution >= 4 is 5.70 Å². The summed E-state index contributed by atoms with van der Waals surface area (Å²) in [5.74, 6) is 2.42. The van der Waals surface area contributed by atoms with E-state index in [1.54, 1.807) is 13.0 Å². The van der Waals surface area contributed by atoms with Crippen LogP contribution in [0.4, 0.5) is 8.78 Å². The predicted molar refractivity (Wildman–Crippen MR) is 74.0 cm³/mol. The van der Waals surface area contributed by atoms with Crippen LogP contribution in [-0.4, -0.2) is 11.7 Å². The SMILES string of the molecule is C#CC1=CC(C)=C(c2ccccc2)N(OC(F)F)C1=C. The first-order chi connectivity index (χ1) is 9.54. The van der Waals surface area contributed by atoms with Gasteiger partial charge in [-0.15, -0.1) is 6.42 Å². The molecule has 1 aromatic rings. The number of benzene rings is 1. The van der Waals surface area contributed by atoms with Crippen molar-refractivity contribution in [3.63, 3.8) is 0 Å². The number of hydrogen-bond acceptors (Lipinski definition) is 2. The summed E-state index contributed by atoms with van der Waals surface area (Å²) in [7, 11) is 0. The van der Waals surface area contributed by atoms with Crippen LogP contribution in [0.5, 0.6) is 0 Å². The molecule has 0 aromatic heterocycles. The Bertz CT molecular complexity index is 624. The summed E-state index contributed by atoms with van der Waals surface area (Å²) in [5, 5.41) is 1.00. The Labute approximate surface area is 116 Å². The molecule has 0 aliphatic carbocycles. The molecule has 0 amide bonds. The van der Waals surface area contributed by atoms with Crippen molar-refractivity contribution < 1.29 is 13.6 Å². The zero-order valence-corrected chi connectivity index (χ0v) is 10.9. The minimum absolute atomic E-state index is 0.220. The first-order valence-corrected chi connectivity index (χ1v) is 5.93. The molecule has 1 heterocycles. The number of hydroxylamine groups is 2. The second-order valence-electron chi connectivity index (χ2n) is 4.21. The zero-order chi connectivity index (χ0) is 14.7. The van der Waals surface area contributed by atoms with E-state index < -0.39 is 6.61 Å². The quantitative estimate of drug-likeness (QED) is 0.773. The molecule has 0 saturated heterocycles. The minimum Gasteiger partial charge on any atom is -0.215 e. The number of allylic oxidation sites excluding steroid dienone is 3. The van der Waals surface area contributed by atoms with Crippen molar-refractivity contribution in [2.45, 2.75) is 13.5 Å². The molecule has 2 rings (SSSR count). The van der Waals surface area contributed by atoms with Gasteiger partial charge in [0.05, 0.1) is 17.0 Å². The summed E-state index contributed by atoms with van der Waals surface area (Å²) in [5.41, 5.74) is 2.63. The van der Waals surface area contributed by atoms with Gasteiger partial charge in [-0.05, 0) is 18.6 Å². The number of terminal acetylenes is 1. The van der Waals surface area contributed by atoms with E-state index in [2.05, 4.69) is 17.3 Å². The van der Waals surface area contributed by atoms with Crippen LogP contribution in [0.2, 0.25) is 0 Å². The Morgan fingerprint density at radius 3 is 2.50 bits per heavy atom. The highest BCUT2D eigenvalue weighted by Crippen LogP contribution is 2.35. The van der Waals surface area contributed by atoms with Gasteiger partial charge in [0.2, 0.25) is 0 Å². The van der Waals surface area contributed by atoms with Crippen LogP contribution >= 0.6 is 0 Å². The van der Waals surface area contributed by atoms with Crippen LogP contribution < -0.4 is 0 Å². The largest absolute Gasteiger partial charge is 0.365 e. The van der Waals surface area contributed by atoms with Gasteiger partial charge < -0.3 is 0 Å². The summed E-state index contributed by atoms with van der Waals surface area (Å²) in [6.45, 7) is 2.56. The summed E-state index contributed by atoms with van der Waals surface area (Å²) in [4.78, 5) is 4.58. The van der Waals surface area contributed by atoms with E-state index in [4.69, 9.17) is 6.42 Å². The van der Waals surface area contributed by atoms with E-state index in [9.17, 15) is 8.78 Å². The first-order valence-electron chi connectivity index (χ1n) is 5.93. The van der Waals surface area contributed by atoms with E-state index >= 15 is 0 Å². The Balaban J connectivity index is 2.55. The molecule has 20 heavy (non-hydrogen) atoms. The standard InChI is InChI=1S/C16H13F2NO/c1-4-13-10-11(2)15(14-8-6-5-7-9-14)19(12(13)3)20-16(17)18/h1,5-10,16H,3H2,2H3. The maximum absolute atomic E-state index is 12.6.